The molecule has 5 nitrogen and oxygen atoms in total. The lowest BCUT2D eigenvalue weighted by Crippen LogP contribution is -2.52. The smallest absolute Gasteiger partial charge is 0.262 e. The van der Waals surface area contributed by atoms with Gasteiger partial charge in [-0.2, -0.15) is 0 Å². The number of aromatic nitrogens is 2. The van der Waals surface area contributed by atoms with Crippen molar-refractivity contribution in [1.29, 1.82) is 0 Å². The molecule has 3 heterocycles. The lowest BCUT2D eigenvalue weighted by atomic mass is 10.1. The van der Waals surface area contributed by atoms with E-state index in [4.69, 9.17) is 0 Å². The van der Waals surface area contributed by atoms with Crippen molar-refractivity contribution in [2.24, 2.45) is 0 Å². The highest BCUT2D eigenvalue weighted by molar-refractivity contribution is 7.18. The number of likely N-dealkylation sites (N-methyl/N-ethyl adjacent to an activating group) is 2. The van der Waals surface area contributed by atoms with Crippen molar-refractivity contribution in [1.82, 2.24) is 19.4 Å². The molecule has 0 saturated carbocycles. The van der Waals surface area contributed by atoms with Gasteiger partial charge in [0.1, 0.15) is 4.83 Å². The zero-order chi connectivity index (χ0) is 15.9. The van der Waals surface area contributed by atoms with E-state index in [-0.39, 0.29) is 5.56 Å². The third-order valence-corrected chi connectivity index (χ3v) is 5.78. The molecule has 2 aromatic rings. The molecule has 120 valence electrons. The Balaban J connectivity index is 1.97. The highest BCUT2D eigenvalue weighted by Gasteiger charge is 2.23. The van der Waals surface area contributed by atoms with E-state index in [1.807, 2.05) is 0 Å². The summed E-state index contributed by atoms with van der Waals surface area (Å²) in [5.74, 6) is 0. The first-order valence-corrected chi connectivity index (χ1v) is 8.69. The van der Waals surface area contributed by atoms with Crippen LogP contribution in [0.2, 0.25) is 0 Å². The second-order valence-corrected chi connectivity index (χ2v) is 7.47. The molecule has 1 atom stereocenters. The number of aryl methyl sites for hydroxylation is 2. The van der Waals surface area contributed by atoms with E-state index in [1.54, 1.807) is 22.2 Å². The maximum Gasteiger partial charge on any atom is 0.262 e. The summed E-state index contributed by atoms with van der Waals surface area (Å²) in [4.78, 5) is 24.2. The monoisotopic (exact) mass is 320 g/mol. The van der Waals surface area contributed by atoms with E-state index < -0.39 is 0 Å². The molecule has 0 spiro atoms. The molecule has 0 radical (unpaired) electrons. The lowest BCUT2D eigenvalue weighted by Gasteiger charge is -2.37. The van der Waals surface area contributed by atoms with Gasteiger partial charge in [-0.15, -0.1) is 11.3 Å². The summed E-state index contributed by atoms with van der Waals surface area (Å²) in [6.07, 6.45) is 2.61. The van der Waals surface area contributed by atoms with E-state index in [1.165, 1.54) is 10.4 Å². The molecule has 3 rings (SSSR count). The van der Waals surface area contributed by atoms with Crippen LogP contribution in [-0.2, 0) is 13.0 Å². The number of thiophene rings is 1. The van der Waals surface area contributed by atoms with Gasteiger partial charge in [-0.3, -0.25) is 14.3 Å². The van der Waals surface area contributed by atoms with Crippen LogP contribution in [0.3, 0.4) is 0 Å². The summed E-state index contributed by atoms with van der Waals surface area (Å²) in [7, 11) is 4.28. The molecule has 0 aliphatic carbocycles. The largest absolute Gasteiger partial charge is 0.303 e. The quantitative estimate of drug-likeness (QED) is 0.861. The first-order valence-electron chi connectivity index (χ1n) is 7.87. The molecular weight excluding hydrogens is 296 g/mol. The molecule has 0 N–H and O–H groups in total. The van der Waals surface area contributed by atoms with Crippen LogP contribution < -0.4 is 5.56 Å². The fourth-order valence-corrected chi connectivity index (χ4v) is 4.35. The molecule has 6 heteroatoms. The van der Waals surface area contributed by atoms with Crippen LogP contribution in [-0.4, -0.2) is 59.1 Å². The topological polar surface area (TPSA) is 41.4 Å². The van der Waals surface area contributed by atoms with Gasteiger partial charge >= 0.3 is 0 Å². The van der Waals surface area contributed by atoms with Crippen molar-refractivity contribution < 1.29 is 0 Å². The number of piperazine rings is 1. The van der Waals surface area contributed by atoms with Gasteiger partial charge < -0.3 is 4.90 Å². The van der Waals surface area contributed by atoms with Gasteiger partial charge in [-0.1, -0.05) is 6.92 Å². The lowest BCUT2D eigenvalue weighted by molar-refractivity contribution is 0.102. The maximum absolute atomic E-state index is 12.9. The maximum atomic E-state index is 12.9. The normalized spacial score (nSPS) is 20.8. The Hall–Kier alpha value is -1.24. The van der Waals surface area contributed by atoms with Crippen molar-refractivity contribution in [2.45, 2.75) is 32.9 Å². The zero-order valence-corrected chi connectivity index (χ0v) is 14.6. The highest BCUT2D eigenvalue weighted by atomic mass is 32.1. The SMILES string of the molecule is CCc1c(C)sc2ncn(C[C@@H]3CN(C)CCN3C)c(=O)c12. The number of nitrogens with zero attached hydrogens (tertiary/aromatic N) is 4. The van der Waals surface area contributed by atoms with Gasteiger partial charge in [0.25, 0.3) is 5.56 Å². The third-order valence-electron chi connectivity index (χ3n) is 4.72. The molecule has 1 aliphatic rings. The average molecular weight is 320 g/mol. The summed E-state index contributed by atoms with van der Waals surface area (Å²) < 4.78 is 1.80. The van der Waals surface area contributed by atoms with E-state index in [0.717, 1.165) is 36.3 Å². The predicted molar refractivity (Wildman–Crippen MR) is 91.9 cm³/mol. The molecule has 0 unspecified atom stereocenters. The first kappa shape index (κ1) is 15.6. The second-order valence-electron chi connectivity index (χ2n) is 6.27. The number of hydrogen-bond donors (Lipinski definition) is 0. The minimum Gasteiger partial charge on any atom is -0.303 e. The number of rotatable bonds is 3. The van der Waals surface area contributed by atoms with Crippen LogP contribution in [0.15, 0.2) is 11.1 Å². The van der Waals surface area contributed by atoms with Crippen LogP contribution in [0.5, 0.6) is 0 Å². The van der Waals surface area contributed by atoms with Crippen LogP contribution in [0.1, 0.15) is 17.4 Å². The summed E-state index contributed by atoms with van der Waals surface area (Å²) >= 11 is 1.63. The number of fused-ring (bicyclic) bond motifs is 1. The van der Waals surface area contributed by atoms with Gasteiger partial charge in [0, 0.05) is 37.1 Å². The molecule has 22 heavy (non-hydrogen) atoms. The highest BCUT2D eigenvalue weighted by Crippen LogP contribution is 2.26. The fraction of sp³-hybridized carbons (Fsp3) is 0.625. The van der Waals surface area contributed by atoms with Crippen LogP contribution in [0.4, 0.5) is 0 Å². The van der Waals surface area contributed by atoms with E-state index in [0.29, 0.717) is 12.6 Å². The Morgan fingerprint density at radius 1 is 1.36 bits per heavy atom. The molecule has 0 amide bonds. The minimum atomic E-state index is 0.118. The van der Waals surface area contributed by atoms with Crippen molar-refractivity contribution in [2.75, 3.05) is 33.7 Å². The predicted octanol–water partition coefficient (Wildman–Crippen LogP) is 1.57. The first-order chi connectivity index (χ1) is 10.5. The van der Waals surface area contributed by atoms with Gasteiger partial charge in [-0.25, -0.2) is 4.98 Å². The minimum absolute atomic E-state index is 0.118. The summed E-state index contributed by atoms with van der Waals surface area (Å²) in [6.45, 7) is 8.02. The Morgan fingerprint density at radius 2 is 2.14 bits per heavy atom. The van der Waals surface area contributed by atoms with Crippen LogP contribution in [0, 0.1) is 6.92 Å². The molecule has 0 bridgehead atoms. The molecule has 0 aromatic carbocycles. The molecular formula is C16H24N4OS. The van der Waals surface area contributed by atoms with E-state index in [2.05, 4.69) is 42.7 Å². The van der Waals surface area contributed by atoms with E-state index >= 15 is 0 Å². The summed E-state index contributed by atoms with van der Waals surface area (Å²) in [6, 6.07) is 0.362. The van der Waals surface area contributed by atoms with Gasteiger partial charge in [0.2, 0.25) is 0 Å². The standard InChI is InChI=1S/C16H24N4OS/c1-5-13-11(2)22-15-14(13)16(21)20(10-17-15)9-12-8-18(3)6-7-19(12)4/h10,12H,5-9H2,1-4H3/t12-/m0/s1. The van der Waals surface area contributed by atoms with Crippen molar-refractivity contribution in [3.63, 3.8) is 0 Å². The summed E-state index contributed by atoms with van der Waals surface area (Å²) in [5.41, 5.74) is 1.29. The number of hydrogen-bond acceptors (Lipinski definition) is 5. The van der Waals surface area contributed by atoms with Crippen molar-refractivity contribution in [3.05, 3.63) is 27.1 Å². The molecule has 1 saturated heterocycles. The zero-order valence-electron chi connectivity index (χ0n) is 13.8. The van der Waals surface area contributed by atoms with Gasteiger partial charge in [0.15, 0.2) is 0 Å². The Morgan fingerprint density at radius 3 is 2.86 bits per heavy atom. The Bertz CT molecular complexity index is 736. The van der Waals surface area contributed by atoms with Crippen molar-refractivity contribution in [3.8, 4) is 0 Å². The van der Waals surface area contributed by atoms with Gasteiger partial charge in [-0.05, 0) is 33.0 Å². The average Bonchev–Trinajstić information content (AvgIpc) is 2.82. The fourth-order valence-electron chi connectivity index (χ4n) is 3.27. The molecule has 1 fully saturated rings. The van der Waals surface area contributed by atoms with Crippen LogP contribution >= 0.6 is 11.3 Å². The molecule has 2 aromatic heterocycles. The van der Waals surface area contributed by atoms with Crippen LogP contribution in [0.25, 0.3) is 10.2 Å². The Kier molecular flexibility index (Phi) is 4.34. The molecule has 1 aliphatic heterocycles. The third kappa shape index (κ3) is 2.71. The van der Waals surface area contributed by atoms with Gasteiger partial charge in [0.05, 0.1) is 11.7 Å². The second kappa shape index (κ2) is 6.10. The van der Waals surface area contributed by atoms with E-state index in [9.17, 15) is 4.79 Å². The Labute approximate surface area is 135 Å². The van der Waals surface area contributed by atoms with Crippen molar-refractivity contribution >= 4 is 21.6 Å². The summed E-state index contributed by atoms with van der Waals surface area (Å²) in [5, 5.41) is 0.833.